The van der Waals surface area contributed by atoms with Crippen molar-refractivity contribution < 1.29 is 14.2 Å². The molecule has 58 valence electrons. The van der Waals surface area contributed by atoms with Crippen molar-refractivity contribution in [1.82, 2.24) is 0 Å². The van der Waals surface area contributed by atoms with Crippen molar-refractivity contribution in [2.45, 2.75) is 13.3 Å². The van der Waals surface area contributed by atoms with Gasteiger partial charge in [0.15, 0.2) is 0 Å². The molecule has 0 aromatic heterocycles. The molecule has 0 amide bonds. The summed E-state index contributed by atoms with van der Waals surface area (Å²) in [6, 6.07) is 0. The van der Waals surface area contributed by atoms with E-state index in [1.54, 1.807) is 6.92 Å². The lowest BCUT2D eigenvalue weighted by atomic mass is 10.4. The minimum absolute atomic E-state index is 0.205. The summed E-state index contributed by atoms with van der Waals surface area (Å²) in [5, 5.41) is 8.90. The van der Waals surface area contributed by atoms with Crippen LogP contribution in [0.15, 0.2) is 11.6 Å². The quantitative estimate of drug-likeness (QED) is 0.632. The van der Waals surface area contributed by atoms with E-state index in [9.17, 15) is 4.57 Å². The molecule has 0 aromatic rings. The summed E-state index contributed by atoms with van der Waals surface area (Å²) in [5.74, 6) is 1.56. The Morgan fingerprint density at radius 1 is 1.90 bits per heavy atom. The molecule has 0 saturated carbocycles. The minimum Gasteiger partial charge on any atom is -0.512 e. The molecule has 1 atom stereocenters. The average molecular weight is 162 g/mol. The van der Waals surface area contributed by atoms with Gasteiger partial charge in [-0.3, -0.25) is 4.57 Å². The van der Waals surface area contributed by atoms with E-state index in [-0.39, 0.29) is 5.76 Å². The van der Waals surface area contributed by atoms with Gasteiger partial charge in [0.05, 0.1) is 12.4 Å². The number of aliphatic hydroxyl groups excluding tert-OH is 1. The zero-order valence-corrected chi connectivity index (χ0v) is 6.80. The normalized spacial score (nSPS) is 32.3. The van der Waals surface area contributed by atoms with Crippen molar-refractivity contribution in [2.75, 3.05) is 12.8 Å². The molecule has 0 fully saturated rings. The topological polar surface area (TPSA) is 46.5 Å². The van der Waals surface area contributed by atoms with Crippen molar-refractivity contribution in [3.05, 3.63) is 11.6 Å². The lowest BCUT2D eigenvalue weighted by Crippen LogP contribution is -1.86. The zero-order chi connectivity index (χ0) is 7.61. The van der Waals surface area contributed by atoms with Crippen molar-refractivity contribution in [1.29, 1.82) is 0 Å². The van der Waals surface area contributed by atoms with Crippen LogP contribution in [0, 0.1) is 0 Å². The lowest BCUT2D eigenvalue weighted by molar-refractivity contribution is 0.341. The molecule has 10 heavy (non-hydrogen) atoms. The van der Waals surface area contributed by atoms with E-state index < -0.39 is 7.37 Å². The molecule has 1 unspecified atom stereocenters. The fourth-order valence-corrected chi connectivity index (χ4v) is 2.84. The second-order valence-corrected chi connectivity index (χ2v) is 4.65. The van der Waals surface area contributed by atoms with Crippen molar-refractivity contribution in [2.24, 2.45) is 0 Å². The highest BCUT2D eigenvalue weighted by atomic mass is 31.2. The first-order valence-electron chi connectivity index (χ1n) is 3.30. The Hall–Kier alpha value is -0.270. The van der Waals surface area contributed by atoms with Crippen LogP contribution in [0.2, 0.25) is 0 Å². The van der Waals surface area contributed by atoms with E-state index in [0.717, 1.165) is 0 Å². The molecule has 3 nitrogen and oxygen atoms in total. The predicted molar refractivity (Wildman–Crippen MR) is 39.4 cm³/mol. The molecule has 0 bridgehead atoms. The van der Waals surface area contributed by atoms with E-state index in [0.29, 0.717) is 19.2 Å². The standard InChI is InChI=1S/C6H11O3P/c1-2-9-10(8)4-3-6(7)5-10/h5,7H,2-4H2,1H3. The van der Waals surface area contributed by atoms with Crippen LogP contribution in [0.25, 0.3) is 0 Å². The van der Waals surface area contributed by atoms with Crippen molar-refractivity contribution >= 4 is 7.37 Å². The molecule has 1 aliphatic rings. The number of allylic oxidation sites excluding steroid dienone is 1. The highest BCUT2D eigenvalue weighted by molar-refractivity contribution is 7.62. The SMILES string of the molecule is CCOP1(=O)C=C(O)CC1. The molecule has 1 N–H and O–H groups in total. The molecule has 4 heteroatoms. The molecule has 1 heterocycles. The van der Waals surface area contributed by atoms with Gasteiger partial charge in [-0.1, -0.05) is 0 Å². The Morgan fingerprint density at radius 2 is 2.60 bits per heavy atom. The summed E-state index contributed by atoms with van der Waals surface area (Å²) in [6.45, 7) is 2.24. The van der Waals surface area contributed by atoms with Crippen LogP contribution < -0.4 is 0 Å². The Balaban J connectivity index is 2.64. The third kappa shape index (κ3) is 1.61. The third-order valence-corrected chi connectivity index (χ3v) is 3.61. The Bertz CT molecular complexity index is 197. The summed E-state index contributed by atoms with van der Waals surface area (Å²) in [5.41, 5.74) is 0. The average Bonchev–Trinajstić information content (AvgIpc) is 2.12. The molecule has 1 aliphatic heterocycles. The van der Waals surface area contributed by atoms with Crippen LogP contribution in [-0.2, 0) is 9.09 Å². The van der Waals surface area contributed by atoms with E-state index in [2.05, 4.69) is 0 Å². The summed E-state index contributed by atoms with van der Waals surface area (Å²) in [7, 11) is -2.54. The molecular formula is C6H11O3P. The predicted octanol–water partition coefficient (Wildman–Crippen LogP) is 2.10. The zero-order valence-electron chi connectivity index (χ0n) is 5.91. The number of hydrogen-bond donors (Lipinski definition) is 1. The molecular weight excluding hydrogens is 151 g/mol. The van der Waals surface area contributed by atoms with Crippen molar-refractivity contribution in [3.8, 4) is 0 Å². The van der Waals surface area contributed by atoms with Gasteiger partial charge in [-0.15, -0.1) is 0 Å². The second kappa shape index (κ2) is 2.77. The van der Waals surface area contributed by atoms with Gasteiger partial charge in [-0.25, -0.2) is 0 Å². The van der Waals surface area contributed by atoms with Gasteiger partial charge in [0.25, 0.3) is 0 Å². The van der Waals surface area contributed by atoms with Crippen LogP contribution in [-0.4, -0.2) is 17.9 Å². The Morgan fingerprint density at radius 3 is 3.00 bits per heavy atom. The maximum Gasteiger partial charge on any atom is 0.228 e. The van der Waals surface area contributed by atoms with Gasteiger partial charge in [0, 0.05) is 18.4 Å². The molecule has 0 aliphatic carbocycles. The summed E-state index contributed by atoms with van der Waals surface area (Å²) < 4.78 is 16.3. The third-order valence-electron chi connectivity index (χ3n) is 1.37. The van der Waals surface area contributed by atoms with Gasteiger partial charge >= 0.3 is 0 Å². The maximum atomic E-state index is 11.4. The van der Waals surface area contributed by atoms with E-state index in [4.69, 9.17) is 9.63 Å². The smallest absolute Gasteiger partial charge is 0.228 e. The van der Waals surface area contributed by atoms with Gasteiger partial charge in [-0.2, -0.15) is 0 Å². The summed E-state index contributed by atoms with van der Waals surface area (Å²) in [4.78, 5) is 0. The highest BCUT2D eigenvalue weighted by Gasteiger charge is 2.26. The van der Waals surface area contributed by atoms with Gasteiger partial charge in [0.2, 0.25) is 7.37 Å². The highest BCUT2D eigenvalue weighted by Crippen LogP contribution is 2.54. The molecule has 1 rings (SSSR count). The first-order chi connectivity index (χ1) is 4.66. The maximum absolute atomic E-state index is 11.4. The summed E-state index contributed by atoms with van der Waals surface area (Å²) in [6.07, 6.45) is 0.962. The van der Waals surface area contributed by atoms with E-state index in [1.165, 1.54) is 5.82 Å². The van der Waals surface area contributed by atoms with E-state index >= 15 is 0 Å². The Kier molecular flexibility index (Phi) is 2.17. The monoisotopic (exact) mass is 162 g/mol. The van der Waals surface area contributed by atoms with Gasteiger partial charge < -0.3 is 9.63 Å². The molecule has 0 spiro atoms. The largest absolute Gasteiger partial charge is 0.512 e. The molecule has 0 radical (unpaired) electrons. The fourth-order valence-electron chi connectivity index (χ4n) is 0.947. The molecule has 0 aromatic carbocycles. The second-order valence-electron chi connectivity index (χ2n) is 2.24. The number of aliphatic hydroxyl groups is 1. The van der Waals surface area contributed by atoms with Gasteiger partial charge in [0.1, 0.15) is 0 Å². The van der Waals surface area contributed by atoms with Crippen molar-refractivity contribution in [3.63, 3.8) is 0 Å². The van der Waals surface area contributed by atoms with Crippen LogP contribution in [0.4, 0.5) is 0 Å². The first-order valence-corrected chi connectivity index (χ1v) is 5.18. The Labute approximate surface area is 60.2 Å². The minimum atomic E-state index is -2.54. The number of rotatable bonds is 2. The number of hydrogen-bond acceptors (Lipinski definition) is 3. The van der Waals surface area contributed by atoms with Crippen LogP contribution in [0.5, 0.6) is 0 Å². The fraction of sp³-hybridized carbons (Fsp3) is 0.667. The van der Waals surface area contributed by atoms with Gasteiger partial charge in [-0.05, 0) is 6.92 Å². The van der Waals surface area contributed by atoms with Crippen LogP contribution in [0.1, 0.15) is 13.3 Å². The molecule has 0 saturated heterocycles. The first kappa shape index (κ1) is 7.83. The summed E-state index contributed by atoms with van der Waals surface area (Å²) >= 11 is 0. The lowest BCUT2D eigenvalue weighted by Gasteiger charge is -2.06. The van der Waals surface area contributed by atoms with E-state index in [1.807, 2.05) is 0 Å². The van der Waals surface area contributed by atoms with Crippen LogP contribution in [0.3, 0.4) is 0 Å². The van der Waals surface area contributed by atoms with Crippen LogP contribution >= 0.6 is 7.37 Å².